The number of nitrogens with zero attached hydrogens (tertiary/aromatic N) is 2. The van der Waals surface area contributed by atoms with Crippen LogP contribution >= 0.6 is 34.7 Å². The first-order chi connectivity index (χ1) is 9.15. The lowest BCUT2D eigenvalue weighted by atomic mass is 10.1. The summed E-state index contributed by atoms with van der Waals surface area (Å²) in [6.45, 7) is 0.679. The van der Waals surface area contributed by atoms with Crippen LogP contribution < -0.4 is 5.32 Å². The van der Waals surface area contributed by atoms with E-state index in [0.29, 0.717) is 28.9 Å². The first kappa shape index (κ1) is 13.2. The van der Waals surface area contributed by atoms with Gasteiger partial charge in [0.15, 0.2) is 0 Å². The molecule has 0 spiro atoms. The standard InChI is InChI=1S/C12H10Cl2FN3S/c13-8-4-9(14)10(15)3-7(8)12-11(19-18-17-12)5-16-6-1-2-6/h3-4,6,16H,1-2,5H2. The van der Waals surface area contributed by atoms with E-state index in [4.69, 9.17) is 23.2 Å². The van der Waals surface area contributed by atoms with E-state index >= 15 is 0 Å². The Labute approximate surface area is 123 Å². The van der Waals surface area contributed by atoms with Crippen LogP contribution in [0.2, 0.25) is 10.0 Å². The average Bonchev–Trinajstić information content (AvgIpc) is 3.09. The van der Waals surface area contributed by atoms with Crippen molar-refractivity contribution in [3.8, 4) is 11.3 Å². The lowest BCUT2D eigenvalue weighted by Gasteiger charge is -2.06. The molecule has 100 valence electrons. The Morgan fingerprint density at radius 3 is 2.84 bits per heavy atom. The molecule has 1 heterocycles. The summed E-state index contributed by atoms with van der Waals surface area (Å²) in [7, 11) is 0. The Balaban J connectivity index is 1.92. The van der Waals surface area contributed by atoms with E-state index in [-0.39, 0.29) is 5.02 Å². The van der Waals surface area contributed by atoms with Crippen LogP contribution in [0.1, 0.15) is 17.7 Å². The van der Waals surface area contributed by atoms with E-state index in [2.05, 4.69) is 14.9 Å². The zero-order valence-electron chi connectivity index (χ0n) is 9.79. The molecule has 1 aliphatic rings. The number of benzene rings is 1. The molecular weight excluding hydrogens is 308 g/mol. The summed E-state index contributed by atoms with van der Waals surface area (Å²) < 4.78 is 17.5. The highest BCUT2D eigenvalue weighted by molar-refractivity contribution is 7.06. The summed E-state index contributed by atoms with van der Waals surface area (Å²) >= 11 is 13.1. The molecule has 3 rings (SSSR count). The van der Waals surface area contributed by atoms with Gasteiger partial charge in [-0.25, -0.2) is 4.39 Å². The fraction of sp³-hybridized carbons (Fsp3) is 0.333. The normalized spacial score (nSPS) is 14.9. The number of nitrogens with one attached hydrogen (secondary N) is 1. The molecule has 1 aromatic heterocycles. The van der Waals surface area contributed by atoms with Gasteiger partial charge in [-0.3, -0.25) is 0 Å². The molecule has 0 atom stereocenters. The molecule has 0 bridgehead atoms. The first-order valence-electron chi connectivity index (χ1n) is 5.84. The summed E-state index contributed by atoms with van der Waals surface area (Å²) in [5.74, 6) is -0.504. The van der Waals surface area contributed by atoms with Crippen molar-refractivity contribution in [1.82, 2.24) is 14.9 Å². The van der Waals surface area contributed by atoms with Gasteiger partial charge in [0.05, 0.1) is 14.9 Å². The Hall–Kier alpha value is -0.750. The smallest absolute Gasteiger partial charge is 0.142 e. The van der Waals surface area contributed by atoms with Crippen molar-refractivity contribution < 1.29 is 4.39 Å². The maximum Gasteiger partial charge on any atom is 0.142 e. The molecule has 1 aliphatic carbocycles. The van der Waals surface area contributed by atoms with Crippen LogP contribution in [-0.2, 0) is 6.54 Å². The summed E-state index contributed by atoms with van der Waals surface area (Å²) in [6.07, 6.45) is 2.41. The quantitative estimate of drug-likeness (QED) is 0.869. The Morgan fingerprint density at radius 1 is 1.32 bits per heavy atom. The number of aromatic nitrogens is 2. The number of hydrogen-bond donors (Lipinski definition) is 1. The number of rotatable bonds is 4. The SMILES string of the molecule is Fc1cc(-c2nnsc2CNC2CC2)c(Cl)cc1Cl. The van der Waals surface area contributed by atoms with Gasteiger partial charge in [0.1, 0.15) is 11.5 Å². The fourth-order valence-corrected chi connectivity index (χ4v) is 2.84. The predicted octanol–water partition coefficient (Wildman–Crippen LogP) is 3.90. The van der Waals surface area contributed by atoms with Crippen LogP contribution in [0.3, 0.4) is 0 Å². The highest BCUT2D eigenvalue weighted by atomic mass is 35.5. The Bertz CT molecular complexity index is 613. The minimum absolute atomic E-state index is 0.00888. The summed E-state index contributed by atoms with van der Waals surface area (Å²) in [5.41, 5.74) is 1.16. The van der Waals surface area contributed by atoms with Crippen molar-refractivity contribution in [2.75, 3.05) is 0 Å². The van der Waals surface area contributed by atoms with Crippen LogP contribution in [-0.4, -0.2) is 15.6 Å². The molecule has 1 N–H and O–H groups in total. The third-order valence-corrected chi connectivity index (χ3v) is 4.27. The largest absolute Gasteiger partial charge is 0.309 e. The van der Waals surface area contributed by atoms with E-state index in [9.17, 15) is 4.39 Å². The van der Waals surface area contributed by atoms with Crippen LogP contribution in [0.25, 0.3) is 11.3 Å². The molecule has 1 saturated carbocycles. The van der Waals surface area contributed by atoms with Gasteiger partial charge in [0, 0.05) is 18.2 Å². The van der Waals surface area contributed by atoms with E-state index in [0.717, 1.165) is 4.88 Å². The summed E-state index contributed by atoms with van der Waals surface area (Å²) in [6, 6.07) is 3.29. The van der Waals surface area contributed by atoms with Gasteiger partial charge in [0.25, 0.3) is 0 Å². The molecule has 3 nitrogen and oxygen atoms in total. The maximum absolute atomic E-state index is 13.6. The van der Waals surface area contributed by atoms with Crippen molar-refractivity contribution >= 4 is 34.7 Å². The van der Waals surface area contributed by atoms with Crippen LogP contribution in [0.15, 0.2) is 12.1 Å². The highest BCUT2D eigenvalue weighted by Crippen LogP contribution is 2.34. The first-order valence-corrected chi connectivity index (χ1v) is 7.37. The van der Waals surface area contributed by atoms with Crippen LogP contribution in [0.5, 0.6) is 0 Å². The summed E-state index contributed by atoms with van der Waals surface area (Å²) in [4.78, 5) is 0.954. The zero-order chi connectivity index (χ0) is 13.4. The van der Waals surface area contributed by atoms with Gasteiger partial charge >= 0.3 is 0 Å². The molecule has 0 unspecified atom stereocenters. The molecular formula is C12H10Cl2FN3S. The van der Waals surface area contributed by atoms with Gasteiger partial charge in [-0.15, -0.1) is 5.10 Å². The molecule has 2 aromatic rings. The van der Waals surface area contributed by atoms with Crippen molar-refractivity contribution in [3.05, 3.63) is 32.9 Å². The molecule has 0 amide bonds. The molecule has 0 saturated heterocycles. The summed E-state index contributed by atoms with van der Waals surface area (Å²) in [5, 5.41) is 7.82. The second-order valence-corrected chi connectivity index (χ2v) is 6.10. The molecule has 19 heavy (non-hydrogen) atoms. The third kappa shape index (κ3) is 2.89. The molecule has 1 fully saturated rings. The second kappa shape index (κ2) is 5.32. The molecule has 0 radical (unpaired) electrons. The van der Waals surface area contributed by atoms with Gasteiger partial charge in [-0.05, 0) is 36.5 Å². The van der Waals surface area contributed by atoms with Crippen LogP contribution in [0.4, 0.5) is 4.39 Å². The van der Waals surface area contributed by atoms with Crippen molar-refractivity contribution in [2.45, 2.75) is 25.4 Å². The molecule has 1 aromatic carbocycles. The van der Waals surface area contributed by atoms with E-state index < -0.39 is 5.82 Å². The van der Waals surface area contributed by atoms with Crippen molar-refractivity contribution in [2.24, 2.45) is 0 Å². The van der Waals surface area contributed by atoms with E-state index in [1.807, 2.05) is 0 Å². The van der Waals surface area contributed by atoms with Crippen molar-refractivity contribution in [3.63, 3.8) is 0 Å². The minimum Gasteiger partial charge on any atom is -0.309 e. The topological polar surface area (TPSA) is 37.8 Å². The van der Waals surface area contributed by atoms with Gasteiger partial charge < -0.3 is 5.32 Å². The number of hydrogen-bond acceptors (Lipinski definition) is 4. The van der Waals surface area contributed by atoms with Gasteiger partial charge in [-0.1, -0.05) is 27.7 Å². The highest BCUT2D eigenvalue weighted by Gasteiger charge is 2.22. The Kier molecular flexibility index (Phi) is 3.71. The Morgan fingerprint density at radius 2 is 2.11 bits per heavy atom. The van der Waals surface area contributed by atoms with E-state index in [1.54, 1.807) is 0 Å². The molecule has 7 heteroatoms. The van der Waals surface area contributed by atoms with Crippen molar-refractivity contribution in [1.29, 1.82) is 0 Å². The lowest BCUT2D eigenvalue weighted by Crippen LogP contribution is -2.14. The number of halogens is 3. The monoisotopic (exact) mass is 317 g/mol. The lowest BCUT2D eigenvalue weighted by molar-refractivity contribution is 0.628. The fourth-order valence-electron chi connectivity index (χ4n) is 1.76. The maximum atomic E-state index is 13.6. The van der Waals surface area contributed by atoms with Crippen LogP contribution in [0, 0.1) is 5.82 Å². The molecule has 0 aliphatic heterocycles. The van der Waals surface area contributed by atoms with Gasteiger partial charge in [0.2, 0.25) is 0 Å². The van der Waals surface area contributed by atoms with Gasteiger partial charge in [-0.2, -0.15) is 0 Å². The zero-order valence-corrected chi connectivity index (χ0v) is 12.1. The third-order valence-electron chi connectivity index (χ3n) is 2.95. The minimum atomic E-state index is -0.504. The predicted molar refractivity (Wildman–Crippen MR) is 75.2 cm³/mol. The average molecular weight is 318 g/mol. The second-order valence-electron chi connectivity index (χ2n) is 4.45. The van der Waals surface area contributed by atoms with E-state index in [1.165, 1.54) is 36.5 Å².